The van der Waals surface area contributed by atoms with Crippen molar-refractivity contribution in [3.05, 3.63) is 57.8 Å². The van der Waals surface area contributed by atoms with E-state index in [0.29, 0.717) is 12.2 Å². The van der Waals surface area contributed by atoms with E-state index in [2.05, 4.69) is 21.2 Å². The van der Waals surface area contributed by atoms with Crippen LogP contribution < -0.4 is 10.1 Å². The van der Waals surface area contributed by atoms with Crippen molar-refractivity contribution in [2.75, 3.05) is 11.9 Å². The quantitative estimate of drug-likeness (QED) is 0.771. The lowest BCUT2D eigenvalue weighted by molar-refractivity contribution is 0.340. The van der Waals surface area contributed by atoms with Gasteiger partial charge < -0.3 is 10.1 Å². The summed E-state index contributed by atoms with van der Waals surface area (Å²) in [6, 6.07) is 10.9. The Labute approximate surface area is 133 Å². The molecule has 0 bridgehead atoms. The Bertz CT molecular complexity index is 630. The predicted octanol–water partition coefficient (Wildman–Crippen LogP) is 5.47. The van der Waals surface area contributed by atoms with Gasteiger partial charge in [-0.15, -0.1) is 0 Å². The molecule has 2 rings (SSSR count). The molecule has 1 unspecified atom stereocenters. The van der Waals surface area contributed by atoms with Gasteiger partial charge in [-0.05, 0) is 56.7 Å². The first-order valence-corrected chi connectivity index (χ1v) is 7.75. The fraction of sp³-hybridized carbons (Fsp3) is 0.294. The van der Waals surface area contributed by atoms with Gasteiger partial charge in [0.2, 0.25) is 0 Å². The predicted molar refractivity (Wildman–Crippen MR) is 88.5 cm³/mol. The molecule has 112 valence electrons. The molecule has 0 spiro atoms. The summed E-state index contributed by atoms with van der Waals surface area (Å²) in [5.74, 6) is 0.635. The molecule has 2 aromatic carbocycles. The third kappa shape index (κ3) is 3.97. The van der Waals surface area contributed by atoms with Crippen LogP contribution in [-0.4, -0.2) is 6.61 Å². The third-order valence-corrected chi connectivity index (χ3v) is 3.80. The van der Waals surface area contributed by atoms with Gasteiger partial charge in [-0.1, -0.05) is 22.0 Å². The van der Waals surface area contributed by atoms with Gasteiger partial charge in [-0.3, -0.25) is 0 Å². The number of hydrogen-bond acceptors (Lipinski definition) is 2. The van der Waals surface area contributed by atoms with E-state index in [4.69, 9.17) is 4.74 Å². The monoisotopic (exact) mass is 351 g/mol. The molecule has 0 aromatic heterocycles. The molecule has 0 aliphatic heterocycles. The number of benzene rings is 2. The highest BCUT2D eigenvalue weighted by Gasteiger charge is 2.12. The lowest BCUT2D eigenvalue weighted by Gasteiger charge is -2.19. The molecule has 4 heteroatoms. The Kier molecular flexibility index (Phi) is 5.23. The molecule has 21 heavy (non-hydrogen) atoms. The number of rotatable bonds is 5. The molecule has 0 fully saturated rings. The fourth-order valence-electron chi connectivity index (χ4n) is 2.22. The average Bonchev–Trinajstić information content (AvgIpc) is 2.42. The first-order valence-electron chi connectivity index (χ1n) is 6.96. The standard InChI is InChI=1S/C17H19BrFNO/c1-4-21-14-6-8-17(11(2)9-14)20-12(3)15-7-5-13(18)10-16(15)19/h5-10,12,20H,4H2,1-3H3. The van der Waals surface area contributed by atoms with E-state index in [1.54, 1.807) is 6.07 Å². The van der Waals surface area contributed by atoms with Crippen molar-refractivity contribution in [3.63, 3.8) is 0 Å². The van der Waals surface area contributed by atoms with E-state index in [0.717, 1.165) is 21.5 Å². The zero-order valence-corrected chi connectivity index (χ0v) is 14.0. The van der Waals surface area contributed by atoms with Crippen molar-refractivity contribution in [2.24, 2.45) is 0 Å². The second-order valence-electron chi connectivity index (χ2n) is 4.94. The molecule has 2 nitrogen and oxygen atoms in total. The Balaban J connectivity index is 2.17. The van der Waals surface area contributed by atoms with Crippen molar-refractivity contribution in [3.8, 4) is 5.75 Å². The van der Waals surface area contributed by atoms with Crippen molar-refractivity contribution in [2.45, 2.75) is 26.8 Å². The minimum absolute atomic E-state index is 0.116. The van der Waals surface area contributed by atoms with Gasteiger partial charge in [0.15, 0.2) is 0 Å². The highest BCUT2D eigenvalue weighted by Crippen LogP contribution is 2.27. The molecular formula is C17H19BrFNO. The second kappa shape index (κ2) is 6.94. The smallest absolute Gasteiger partial charge is 0.129 e. The second-order valence-corrected chi connectivity index (χ2v) is 5.86. The molecule has 2 aromatic rings. The maximum atomic E-state index is 14.0. The topological polar surface area (TPSA) is 21.3 Å². The van der Waals surface area contributed by atoms with Crippen LogP contribution in [-0.2, 0) is 0 Å². The zero-order valence-electron chi connectivity index (χ0n) is 12.4. The van der Waals surface area contributed by atoms with E-state index >= 15 is 0 Å². The first kappa shape index (κ1) is 15.8. The summed E-state index contributed by atoms with van der Waals surface area (Å²) in [6.45, 7) is 6.56. The van der Waals surface area contributed by atoms with E-state index in [1.807, 2.05) is 45.0 Å². The van der Waals surface area contributed by atoms with Crippen LogP contribution in [0.3, 0.4) is 0 Å². The molecule has 0 aliphatic carbocycles. The Hall–Kier alpha value is -1.55. The molecule has 1 N–H and O–H groups in total. The van der Waals surface area contributed by atoms with E-state index < -0.39 is 0 Å². The van der Waals surface area contributed by atoms with Crippen LogP contribution in [0.4, 0.5) is 10.1 Å². The average molecular weight is 352 g/mol. The number of halogens is 2. The summed E-state index contributed by atoms with van der Waals surface area (Å²) >= 11 is 3.27. The SMILES string of the molecule is CCOc1ccc(NC(C)c2ccc(Br)cc2F)c(C)c1. The molecule has 1 atom stereocenters. The van der Waals surface area contributed by atoms with Gasteiger partial charge in [-0.25, -0.2) is 4.39 Å². The number of hydrogen-bond donors (Lipinski definition) is 1. The van der Waals surface area contributed by atoms with Gasteiger partial charge in [0.1, 0.15) is 11.6 Å². The lowest BCUT2D eigenvalue weighted by Crippen LogP contribution is -2.09. The Morgan fingerprint density at radius 3 is 2.62 bits per heavy atom. The third-order valence-electron chi connectivity index (χ3n) is 3.31. The summed E-state index contributed by atoms with van der Waals surface area (Å²) in [4.78, 5) is 0. The van der Waals surface area contributed by atoms with Crippen LogP contribution in [0.1, 0.15) is 31.0 Å². The van der Waals surface area contributed by atoms with Gasteiger partial charge >= 0.3 is 0 Å². The van der Waals surface area contributed by atoms with Gasteiger partial charge in [0, 0.05) is 15.7 Å². The highest BCUT2D eigenvalue weighted by atomic mass is 79.9. The van der Waals surface area contributed by atoms with Gasteiger partial charge in [0.05, 0.1) is 12.6 Å². The van der Waals surface area contributed by atoms with Crippen molar-refractivity contribution >= 4 is 21.6 Å². The zero-order chi connectivity index (χ0) is 15.4. The summed E-state index contributed by atoms with van der Waals surface area (Å²) in [5, 5.41) is 3.35. The van der Waals surface area contributed by atoms with Crippen LogP contribution in [0.15, 0.2) is 40.9 Å². The minimum atomic E-state index is -0.215. The molecule has 0 radical (unpaired) electrons. The Morgan fingerprint density at radius 1 is 1.24 bits per heavy atom. The van der Waals surface area contributed by atoms with E-state index in [1.165, 1.54) is 6.07 Å². The van der Waals surface area contributed by atoms with E-state index in [-0.39, 0.29) is 11.9 Å². The van der Waals surface area contributed by atoms with Crippen LogP contribution in [0.2, 0.25) is 0 Å². The van der Waals surface area contributed by atoms with Gasteiger partial charge in [-0.2, -0.15) is 0 Å². The largest absolute Gasteiger partial charge is 0.494 e. The number of ether oxygens (including phenoxy) is 1. The number of nitrogens with one attached hydrogen (secondary N) is 1. The maximum Gasteiger partial charge on any atom is 0.129 e. The van der Waals surface area contributed by atoms with E-state index in [9.17, 15) is 4.39 Å². The van der Waals surface area contributed by atoms with Crippen molar-refractivity contribution < 1.29 is 9.13 Å². The molecule has 0 saturated carbocycles. The number of anilines is 1. The summed E-state index contributed by atoms with van der Waals surface area (Å²) < 4.78 is 20.2. The normalized spacial score (nSPS) is 12.0. The van der Waals surface area contributed by atoms with Crippen molar-refractivity contribution in [1.82, 2.24) is 0 Å². The van der Waals surface area contributed by atoms with Crippen LogP contribution >= 0.6 is 15.9 Å². The maximum absolute atomic E-state index is 14.0. The molecule has 0 aliphatic rings. The molecule has 0 amide bonds. The summed E-state index contributed by atoms with van der Waals surface area (Å²) in [7, 11) is 0. The molecule has 0 saturated heterocycles. The molecule has 0 heterocycles. The van der Waals surface area contributed by atoms with Crippen LogP contribution in [0.5, 0.6) is 5.75 Å². The van der Waals surface area contributed by atoms with Crippen LogP contribution in [0.25, 0.3) is 0 Å². The minimum Gasteiger partial charge on any atom is -0.494 e. The fourth-order valence-corrected chi connectivity index (χ4v) is 2.55. The molecular weight excluding hydrogens is 333 g/mol. The van der Waals surface area contributed by atoms with Gasteiger partial charge in [0.25, 0.3) is 0 Å². The summed E-state index contributed by atoms with van der Waals surface area (Å²) in [5.41, 5.74) is 2.70. The summed E-state index contributed by atoms with van der Waals surface area (Å²) in [6.07, 6.45) is 0. The highest BCUT2D eigenvalue weighted by molar-refractivity contribution is 9.10. The first-order chi connectivity index (χ1) is 10.0. The lowest BCUT2D eigenvalue weighted by atomic mass is 10.1. The van der Waals surface area contributed by atoms with Crippen LogP contribution in [0, 0.1) is 12.7 Å². The Morgan fingerprint density at radius 2 is 2.00 bits per heavy atom. The number of aryl methyl sites for hydroxylation is 1. The van der Waals surface area contributed by atoms with Crippen molar-refractivity contribution in [1.29, 1.82) is 0 Å².